The Hall–Kier alpha value is -3.68. The van der Waals surface area contributed by atoms with Crippen molar-refractivity contribution in [3.63, 3.8) is 0 Å². The average molecular weight is 434 g/mol. The van der Waals surface area contributed by atoms with Crippen LogP contribution in [0.1, 0.15) is 25.1 Å². The number of carbonyl (C=O) groups excluding carboxylic acids is 2. The molecule has 1 fully saturated rings. The van der Waals surface area contributed by atoms with Gasteiger partial charge in [0.15, 0.2) is 5.75 Å². The van der Waals surface area contributed by atoms with Gasteiger partial charge in [0.1, 0.15) is 11.6 Å². The van der Waals surface area contributed by atoms with E-state index < -0.39 is 0 Å². The molecule has 0 bridgehead atoms. The van der Waals surface area contributed by atoms with Gasteiger partial charge in [0.2, 0.25) is 11.8 Å². The van der Waals surface area contributed by atoms with Crippen LogP contribution < -0.4 is 10.1 Å². The molecular formula is C24H27N5O3. The van der Waals surface area contributed by atoms with Gasteiger partial charge in [0.05, 0.1) is 17.8 Å². The second kappa shape index (κ2) is 10.1. The SMILES string of the molecule is Cc1nccn1CCC(=O)N1CCCC(C(=O)Nc2ccccc2Oc2cccnc2)C1. The second-order valence-corrected chi connectivity index (χ2v) is 7.87. The van der Waals surface area contributed by atoms with Crippen LogP contribution in [0.4, 0.5) is 5.69 Å². The van der Waals surface area contributed by atoms with Gasteiger partial charge in [-0.05, 0) is 44.0 Å². The molecule has 2 amide bonds. The number of carbonyl (C=O) groups is 2. The molecule has 4 rings (SSSR count). The zero-order valence-electron chi connectivity index (χ0n) is 18.1. The first-order valence-corrected chi connectivity index (χ1v) is 10.8. The predicted molar refractivity (Wildman–Crippen MR) is 120 cm³/mol. The third-order valence-electron chi connectivity index (χ3n) is 5.64. The van der Waals surface area contributed by atoms with E-state index >= 15 is 0 Å². The lowest BCUT2D eigenvalue weighted by Crippen LogP contribution is -2.44. The number of rotatable bonds is 7. The molecule has 166 valence electrons. The number of aromatic nitrogens is 3. The quantitative estimate of drug-likeness (QED) is 0.614. The number of anilines is 1. The minimum Gasteiger partial charge on any atom is -0.454 e. The summed E-state index contributed by atoms with van der Waals surface area (Å²) in [6.07, 6.45) is 8.86. The predicted octanol–water partition coefficient (Wildman–Crippen LogP) is 3.65. The number of nitrogens with zero attached hydrogens (tertiary/aromatic N) is 4. The molecule has 1 unspecified atom stereocenters. The lowest BCUT2D eigenvalue weighted by Gasteiger charge is -2.32. The number of para-hydroxylation sites is 2. The fraction of sp³-hybridized carbons (Fsp3) is 0.333. The van der Waals surface area contributed by atoms with Crippen molar-refractivity contribution >= 4 is 17.5 Å². The summed E-state index contributed by atoms with van der Waals surface area (Å²) in [5.74, 6) is 1.74. The molecule has 8 heteroatoms. The summed E-state index contributed by atoms with van der Waals surface area (Å²) in [5, 5.41) is 2.99. The van der Waals surface area contributed by atoms with Gasteiger partial charge in [-0.1, -0.05) is 12.1 Å². The van der Waals surface area contributed by atoms with Crippen LogP contribution in [-0.4, -0.2) is 44.3 Å². The van der Waals surface area contributed by atoms with E-state index in [9.17, 15) is 9.59 Å². The van der Waals surface area contributed by atoms with E-state index in [2.05, 4.69) is 15.3 Å². The van der Waals surface area contributed by atoms with Crippen LogP contribution in [0.15, 0.2) is 61.2 Å². The molecule has 0 aliphatic carbocycles. The third-order valence-corrected chi connectivity index (χ3v) is 5.64. The Morgan fingerprint density at radius 3 is 2.84 bits per heavy atom. The highest BCUT2D eigenvalue weighted by molar-refractivity contribution is 5.94. The van der Waals surface area contributed by atoms with Crippen molar-refractivity contribution < 1.29 is 14.3 Å². The van der Waals surface area contributed by atoms with E-state index in [1.165, 1.54) is 0 Å². The molecule has 1 atom stereocenters. The first kappa shape index (κ1) is 21.5. The lowest BCUT2D eigenvalue weighted by atomic mass is 9.96. The van der Waals surface area contributed by atoms with Crippen LogP contribution in [0.3, 0.4) is 0 Å². The Morgan fingerprint density at radius 1 is 1.19 bits per heavy atom. The highest BCUT2D eigenvalue weighted by atomic mass is 16.5. The zero-order chi connectivity index (χ0) is 22.3. The molecule has 1 aliphatic rings. The Labute approximate surface area is 187 Å². The number of amides is 2. The monoisotopic (exact) mass is 433 g/mol. The molecule has 3 heterocycles. The number of ether oxygens (including phenoxy) is 1. The maximum atomic E-state index is 13.0. The summed E-state index contributed by atoms with van der Waals surface area (Å²) >= 11 is 0. The van der Waals surface area contributed by atoms with E-state index in [1.54, 1.807) is 35.6 Å². The van der Waals surface area contributed by atoms with E-state index in [0.717, 1.165) is 18.7 Å². The molecule has 1 aliphatic heterocycles. The number of hydrogen-bond acceptors (Lipinski definition) is 5. The Bertz CT molecular complexity index is 1070. The number of piperidine rings is 1. The number of benzene rings is 1. The maximum absolute atomic E-state index is 13.0. The van der Waals surface area contributed by atoms with E-state index in [-0.39, 0.29) is 17.7 Å². The molecule has 2 aromatic heterocycles. The van der Waals surface area contributed by atoms with Crippen molar-refractivity contribution in [2.75, 3.05) is 18.4 Å². The van der Waals surface area contributed by atoms with Crippen LogP contribution >= 0.6 is 0 Å². The van der Waals surface area contributed by atoms with Gasteiger partial charge < -0.3 is 19.5 Å². The minimum absolute atomic E-state index is 0.0657. The number of hydrogen-bond donors (Lipinski definition) is 1. The number of nitrogens with one attached hydrogen (secondary N) is 1. The van der Waals surface area contributed by atoms with Gasteiger partial charge in [0.25, 0.3) is 0 Å². The third kappa shape index (κ3) is 5.32. The van der Waals surface area contributed by atoms with Crippen LogP contribution in [0.25, 0.3) is 0 Å². The molecular weight excluding hydrogens is 406 g/mol. The smallest absolute Gasteiger partial charge is 0.229 e. The molecule has 0 radical (unpaired) electrons. The molecule has 32 heavy (non-hydrogen) atoms. The maximum Gasteiger partial charge on any atom is 0.229 e. The lowest BCUT2D eigenvalue weighted by molar-refractivity contribution is -0.134. The topological polar surface area (TPSA) is 89.4 Å². The number of aryl methyl sites for hydroxylation is 2. The van der Waals surface area contributed by atoms with E-state index in [0.29, 0.717) is 43.2 Å². The minimum atomic E-state index is -0.255. The van der Waals surface area contributed by atoms with Crippen LogP contribution in [-0.2, 0) is 16.1 Å². The fourth-order valence-corrected chi connectivity index (χ4v) is 3.86. The first-order chi connectivity index (χ1) is 15.6. The first-order valence-electron chi connectivity index (χ1n) is 10.8. The van der Waals surface area contributed by atoms with Crippen molar-refractivity contribution in [2.45, 2.75) is 32.7 Å². The van der Waals surface area contributed by atoms with Gasteiger partial charge in [0, 0.05) is 44.6 Å². The highest BCUT2D eigenvalue weighted by Crippen LogP contribution is 2.30. The Balaban J connectivity index is 1.35. The van der Waals surface area contributed by atoms with Gasteiger partial charge >= 0.3 is 0 Å². The van der Waals surface area contributed by atoms with Crippen LogP contribution in [0.2, 0.25) is 0 Å². The summed E-state index contributed by atoms with van der Waals surface area (Å²) in [6.45, 7) is 3.63. The molecule has 1 saturated heterocycles. The molecule has 1 N–H and O–H groups in total. The summed E-state index contributed by atoms with van der Waals surface area (Å²) in [7, 11) is 0. The molecule has 0 spiro atoms. The average Bonchev–Trinajstić information content (AvgIpc) is 3.24. The standard InChI is InChI=1S/C24H27N5O3/c1-18-26-12-15-28(18)14-10-23(30)29-13-5-6-19(17-29)24(31)27-21-8-2-3-9-22(21)32-20-7-4-11-25-16-20/h2-4,7-9,11-12,15-16,19H,5-6,10,13-14,17H2,1H3,(H,27,31). The van der Waals surface area contributed by atoms with Crippen molar-refractivity contribution in [1.82, 2.24) is 19.4 Å². The van der Waals surface area contributed by atoms with Crippen molar-refractivity contribution in [2.24, 2.45) is 5.92 Å². The van der Waals surface area contributed by atoms with Gasteiger partial charge in [-0.3, -0.25) is 14.6 Å². The number of imidazole rings is 1. The number of pyridine rings is 1. The fourth-order valence-electron chi connectivity index (χ4n) is 3.86. The summed E-state index contributed by atoms with van der Waals surface area (Å²) in [4.78, 5) is 35.8. The molecule has 1 aromatic carbocycles. The van der Waals surface area contributed by atoms with Gasteiger partial charge in [-0.15, -0.1) is 0 Å². The summed E-state index contributed by atoms with van der Waals surface area (Å²) in [6, 6.07) is 10.9. The summed E-state index contributed by atoms with van der Waals surface area (Å²) in [5.41, 5.74) is 0.598. The van der Waals surface area contributed by atoms with Gasteiger partial charge in [-0.25, -0.2) is 4.98 Å². The summed E-state index contributed by atoms with van der Waals surface area (Å²) < 4.78 is 7.85. The van der Waals surface area contributed by atoms with Crippen LogP contribution in [0, 0.1) is 12.8 Å². The van der Waals surface area contributed by atoms with E-state index in [4.69, 9.17) is 4.74 Å². The second-order valence-electron chi connectivity index (χ2n) is 7.87. The van der Waals surface area contributed by atoms with Crippen molar-refractivity contribution in [3.05, 3.63) is 67.0 Å². The largest absolute Gasteiger partial charge is 0.454 e. The Morgan fingerprint density at radius 2 is 2.06 bits per heavy atom. The van der Waals surface area contributed by atoms with Crippen LogP contribution in [0.5, 0.6) is 11.5 Å². The normalized spacial score (nSPS) is 15.9. The van der Waals surface area contributed by atoms with E-state index in [1.807, 2.05) is 42.0 Å². The molecule has 3 aromatic rings. The van der Waals surface area contributed by atoms with Crippen molar-refractivity contribution in [1.29, 1.82) is 0 Å². The zero-order valence-corrected chi connectivity index (χ0v) is 18.1. The molecule has 8 nitrogen and oxygen atoms in total. The number of likely N-dealkylation sites (tertiary alicyclic amines) is 1. The Kier molecular flexibility index (Phi) is 6.79. The highest BCUT2D eigenvalue weighted by Gasteiger charge is 2.28. The molecule has 0 saturated carbocycles. The van der Waals surface area contributed by atoms with Gasteiger partial charge in [-0.2, -0.15) is 0 Å². The van der Waals surface area contributed by atoms with Crippen molar-refractivity contribution in [3.8, 4) is 11.5 Å².